The van der Waals surface area contributed by atoms with Gasteiger partial charge >= 0.3 is 17.4 Å². The molecule has 76 valence electrons. The van der Waals surface area contributed by atoms with Gasteiger partial charge < -0.3 is 20.1 Å². The Morgan fingerprint density at radius 1 is 1.14 bits per heavy atom. The molecule has 0 rings (SSSR count). The Bertz CT molecular complexity index is 182. The Balaban J connectivity index is 0. The second-order valence-electron chi connectivity index (χ2n) is 2.83. The second kappa shape index (κ2) is 6.96. The smallest absolute Gasteiger partial charge is 0.854 e. The maximum atomic E-state index is 11.0. The van der Waals surface area contributed by atoms with Gasteiger partial charge in [-0.25, -0.2) is 0 Å². The molecule has 0 saturated carbocycles. The summed E-state index contributed by atoms with van der Waals surface area (Å²) in [5, 5.41) is 31.2. The maximum absolute atomic E-state index is 11.0. The summed E-state index contributed by atoms with van der Waals surface area (Å²) in [7, 11) is 0. The molecule has 0 aliphatic carbocycles. The van der Waals surface area contributed by atoms with Crippen molar-refractivity contribution in [1.29, 1.82) is 0 Å². The number of carboxylic acids is 1. The van der Waals surface area contributed by atoms with Crippen molar-refractivity contribution >= 4 is 29.1 Å². The molecule has 0 N–H and O–H groups in total. The van der Waals surface area contributed by atoms with E-state index in [2.05, 4.69) is 0 Å². The number of carboxylic acid groups (broad SMARTS) is 1. The van der Waals surface area contributed by atoms with Gasteiger partial charge in [-0.05, 0) is 6.92 Å². The van der Waals surface area contributed by atoms with Crippen LogP contribution in [-0.2, 0) is 9.59 Å². The minimum absolute atomic E-state index is 0. The van der Waals surface area contributed by atoms with E-state index in [1.54, 1.807) is 0 Å². The van der Waals surface area contributed by atoms with Crippen LogP contribution in [0.2, 0.25) is 0 Å². The summed E-state index contributed by atoms with van der Waals surface area (Å²) >= 11 is 0. The fourth-order valence-electron chi connectivity index (χ4n) is 1.17. The van der Waals surface area contributed by atoms with Crippen molar-refractivity contribution in [3.63, 3.8) is 0 Å². The largest absolute Gasteiger partial charge is 3.00 e. The summed E-state index contributed by atoms with van der Waals surface area (Å²) < 4.78 is 0. The van der Waals surface area contributed by atoms with Crippen LogP contribution in [0.25, 0.3) is 0 Å². The number of hydrogen-bond acceptors (Lipinski definition) is 5. The van der Waals surface area contributed by atoms with Gasteiger partial charge in [0.25, 0.3) is 0 Å². The molecule has 0 aromatic carbocycles. The summed E-state index contributed by atoms with van der Waals surface area (Å²) in [5.74, 6) is -2.30. The first-order valence-electron chi connectivity index (χ1n) is 3.90. The molecule has 0 unspecified atom stereocenters. The SMILES string of the molecule is CC(=O)C(CC[O-])(CC[O-])C(=O)[O-].[Al+3]. The number of carbonyl (C=O) groups is 2. The molecule has 0 bridgehead atoms. The van der Waals surface area contributed by atoms with Crippen molar-refractivity contribution in [3.8, 4) is 0 Å². The van der Waals surface area contributed by atoms with Crippen LogP contribution in [-0.4, -0.2) is 42.3 Å². The molecule has 0 radical (unpaired) electrons. The van der Waals surface area contributed by atoms with Gasteiger partial charge in [-0.3, -0.25) is 4.79 Å². The van der Waals surface area contributed by atoms with Gasteiger partial charge in [-0.1, -0.05) is 12.8 Å². The molecule has 0 fully saturated rings. The van der Waals surface area contributed by atoms with Crippen molar-refractivity contribution in [3.05, 3.63) is 0 Å². The predicted octanol–water partition coefficient (Wildman–Crippen LogP) is -3.57. The summed E-state index contributed by atoms with van der Waals surface area (Å²) in [4.78, 5) is 21.6. The molecular formula is C8H11AlO5. The molecular weight excluding hydrogens is 203 g/mol. The molecule has 0 aromatic heterocycles. The number of aliphatic carboxylic acids is 1. The number of rotatable bonds is 6. The summed E-state index contributed by atoms with van der Waals surface area (Å²) in [6.45, 7) is -0.345. The average molecular weight is 214 g/mol. The van der Waals surface area contributed by atoms with E-state index >= 15 is 0 Å². The van der Waals surface area contributed by atoms with Gasteiger partial charge in [-0.2, -0.15) is 0 Å². The zero-order valence-electron chi connectivity index (χ0n) is 7.95. The molecule has 0 aliphatic rings. The summed E-state index contributed by atoms with van der Waals surface area (Å²) in [6.07, 6.45) is -0.736. The number of hydrogen-bond donors (Lipinski definition) is 0. The van der Waals surface area contributed by atoms with Gasteiger partial charge in [0.05, 0.1) is 11.4 Å². The van der Waals surface area contributed by atoms with Gasteiger partial charge in [0.2, 0.25) is 0 Å². The van der Waals surface area contributed by atoms with Crippen LogP contribution in [0, 0.1) is 5.41 Å². The monoisotopic (exact) mass is 214 g/mol. The summed E-state index contributed by atoms with van der Waals surface area (Å²) in [5.41, 5.74) is -1.86. The molecule has 0 heterocycles. The topological polar surface area (TPSA) is 103 Å². The minimum atomic E-state index is -1.86. The van der Waals surface area contributed by atoms with Gasteiger partial charge in [0.15, 0.2) is 0 Å². The van der Waals surface area contributed by atoms with Crippen LogP contribution in [0.15, 0.2) is 0 Å². The van der Waals surface area contributed by atoms with Crippen molar-refractivity contribution in [2.45, 2.75) is 19.8 Å². The van der Waals surface area contributed by atoms with Crippen LogP contribution < -0.4 is 15.3 Å². The standard InChI is InChI=1S/C8H12O5.Al/c1-6(11)8(2-4-9,3-5-10)7(12)13;/h2-5H2,1H3,(H,12,13);/q-2;+3/p-1. The third kappa shape index (κ3) is 3.39. The number of ketones is 1. The van der Waals surface area contributed by atoms with E-state index in [1.807, 2.05) is 0 Å². The number of carbonyl (C=O) groups excluding carboxylic acids is 2. The van der Waals surface area contributed by atoms with Crippen molar-refractivity contribution in [1.82, 2.24) is 0 Å². The predicted molar refractivity (Wildman–Crippen MR) is 42.8 cm³/mol. The first kappa shape index (κ1) is 16.0. The van der Waals surface area contributed by atoms with E-state index in [0.29, 0.717) is 0 Å². The summed E-state index contributed by atoms with van der Waals surface area (Å²) in [6, 6.07) is 0. The Labute approximate surface area is 92.9 Å². The molecule has 0 aliphatic heterocycles. The molecule has 14 heavy (non-hydrogen) atoms. The number of Topliss-reactive ketones (excluding diaryl/α,β-unsaturated/α-hetero) is 1. The third-order valence-electron chi connectivity index (χ3n) is 2.12. The average Bonchev–Trinajstić information content (AvgIpc) is 2.03. The fraction of sp³-hybridized carbons (Fsp3) is 0.750. The normalized spacial score (nSPS) is 10.5. The first-order chi connectivity index (χ1) is 6.01. The molecule has 0 saturated heterocycles. The van der Waals surface area contributed by atoms with Crippen molar-refractivity contribution in [2.75, 3.05) is 13.2 Å². The Kier molecular flexibility index (Phi) is 7.97. The fourth-order valence-corrected chi connectivity index (χ4v) is 1.17. The van der Waals surface area contributed by atoms with Crippen molar-refractivity contribution < 1.29 is 24.9 Å². The Hall–Kier alpha value is -0.408. The van der Waals surface area contributed by atoms with Gasteiger partial charge in [0, 0.05) is 0 Å². The molecule has 0 aromatic rings. The zero-order valence-corrected chi connectivity index (χ0v) is 9.10. The molecule has 0 spiro atoms. The van der Waals surface area contributed by atoms with Gasteiger partial charge in [-0.15, -0.1) is 13.2 Å². The second-order valence-corrected chi connectivity index (χ2v) is 2.83. The van der Waals surface area contributed by atoms with Crippen molar-refractivity contribution in [2.24, 2.45) is 5.41 Å². The minimum Gasteiger partial charge on any atom is -0.854 e. The van der Waals surface area contributed by atoms with E-state index in [0.717, 1.165) is 6.92 Å². The van der Waals surface area contributed by atoms with E-state index in [4.69, 9.17) is 0 Å². The van der Waals surface area contributed by atoms with Crippen LogP contribution in [0.4, 0.5) is 0 Å². The first-order valence-corrected chi connectivity index (χ1v) is 3.90. The van der Waals surface area contributed by atoms with Crippen LogP contribution in [0.5, 0.6) is 0 Å². The van der Waals surface area contributed by atoms with Crippen LogP contribution >= 0.6 is 0 Å². The van der Waals surface area contributed by atoms with E-state index in [-0.39, 0.29) is 30.2 Å². The molecule has 0 atom stereocenters. The van der Waals surface area contributed by atoms with Crippen LogP contribution in [0.3, 0.4) is 0 Å². The Morgan fingerprint density at radius 3 is 1.64 bits per heavy atom. The zero-order chi connectivity index (χ0) is 10.5. The Morgan fingerprint density at radius 2 is 1.50 bits per heavy atom. The van der Waals surface area contributed by atoms with Gasteiger partial charge in [0.1, 0.15) is 5.78 Å². The third-order valence-corrected chi connectivity index (χ3v) is 2.12. The van der Waals surface area contributed by atoms with E-state index in [9.17, 15) is 24.9 Å². The van der Waals surface area contributed by atoms with E-state index in [1.165, 1.54) is 0 Å². The quantitative estimate of drug-likeness (QED) is 0.336. The maximum Gasteiger partial charge on any atom is 3.00 e. The van der Waals surface area contributed by atoms with Crippen LogP contribution in [0.1, 0.15) is 19.8 Å². The van der Waals surface area contributed by atoms with E-state index < -0.39 is 30.4 Å². The molecule has 0 amide bonds. The molecule has 5 nitrogen and oxygen atoms in total. The molecule has 6 heteroatoms.